The van der Waals surface area contributed by atoms with Gasteiger partial charge in [-0.1, -0.05) is 13.8 Å². The zero-order chi connectivity index (χ0) is 15.2. The van der Waals surface area contributed by atoms with Crippen molar-refractivity contribution in [2.75, 3.05) is 6.54 Å². The minimum absolute atomic E-state index is 0.0714. The van der Waals surface area contributed by atoms with E-state index in [1.807, 2.05) is 32.9 Å². The SMILES string of the molecule is CC(O)CC(C)(C)CNC(=O)NC(C)c1ccncc1. The molecule has 0 saturated carbocycles. The molecule has 0 fully saturated rings. The van der Waals surface area contributed by atoms with Crippen LogP contribution in [0.1, 0.15) is 45.7 Å². The molecule has 0 aliphatic heterocycles. The van der Waals surface area contributed by atoms with Crippen LogP contribution in [0.25, 0.3) is 0 Å². The largest absolute Gasteiger partial charge is 0.393 e. The van der Waals surface area contributed by atoms with Gasteiger partial charge in [-0.3, -0.25) is 4.98 Å². The van der Waals surface area contributed by atoms with Crippen LogP contribution in [0.5, 0.6) is 0 Å². The Morgan fingerprint density at radius 1 is 1.35 bits per heavy atom. The van der Waals surface area contributed by atoms with Gasteiger partial charge in [-0.05, 0) is 43.4 Å². The van der Waals surface area contributed by atoms with Crippen LogP contribution < -0.4 is 10.6 Å². The Morgan fingerprint density at radius 3 is 2.50 bits per heavy atom. The molecule has 0 aliphatic rings. The molecule has 1 rings (SSSR count). The minimum Gasteiger partial charge on any atom is -0.393 e. The maximum Gasteiger partial charge on any atom is 0.315 e. The third-order valence-electron chi connectivity index (χ3n) is 3.13. The molecule has 0 saturated heterocycles. The fraction of sp³-hybridized carbons (Fsp3) is 0.600. The average molecular weight is 279 g/mol. The number of pyridine rings is 1. The molecule has 2 amide bonds. The molecule has 112 valence electrons. The summed E-state index contributed by atoms with van der Waals surface area (Å²) in [5.41, 5.74) is 0.879. The summed E-state index contributed by atoms with van der Waals surface area (Å²) in [6.07, 6.45) is 3.69. The lowest BCUT2D eigenvalue weighted by atomic mass is 9.87. The molecule has 20 heavy (non-hydrogen) atoms. The van der Waals surface area contributed by atoms with Gasteiger partial charge in [0.2, 0.25) is 0 Å². The normalized spacial score (nSPS) is 14.4. The number of urea groups is 1. The Bertz CT molecular complexity index is 418. The molecule has 1 heterocycles. The van der Waals surface area contributed by atoms with E-state index >= 15 is 0 Å². The second-order valence-corrected chi connectivity index (χ2v) is 6.05. The standard InChI is InChI=1S/C15H25N3O2/c1-11(19)9-15(3,4)10-17-14(20)18-12(2)13-5-7-16-8-6-13/h5-8,11-12,19H,9-10H2,1-4H3,(H2,17,18,20). The summed E-state index contributed by atoms with van der Waals surface area (Å²) in [6.45, 7) is 8.24. The van der Waals surface area contributed by atoms with Crippen LogP contribution in [0, 0.1) is 5.41 Å². The van der Waals surface area contributed by atoms with E-state index in [4.69, 9.17) is 0 Å². The van der Waals surface area contributed by atoms with Gasteiger partial charge in [-0.25, -0.2) is 4.79 Å². The molecule has 3 N–H and O–H groups in total. The van der Waals surface area contributed by atoms with Crippen LogP contribution in [-0.2, 0) is 0 Å². The highest BCUT2D eigenvalue weighted by atomic mass is 16.3. The number of hydrogen-bond donors (Lipinski definition) is 3. The Hall–Kier alpha value is -1.62. The highest BCUT2D eigenvalue weighted by Crippen LogP contribution is 2.21. The fourth-order valence-corrected chi connectivity index (χ4v) is 2.17. The lowest BCUT2D eigenvalue weighted by Crippen LogP contribution is -2.42. The number of aliphatic hydroxyl groups is 1. The van der Waals surface area contributed by atoms with Crippen LogP contribution >= 0.6 is 0 Å². The lowest BCUT2D eigenvalue weighted by Gasteiger charge is -2.26. The van der Waals surface area contributed by atoms with Crippen molar-refractivity contribution in [2.45, 2.75) is 46.3 Å². The number of amides is 2. The Labute approximate surface area is 120 Å². The summed E-state index contributed by atoms with van der Waals surface area (Å²) in [4.78, 5) is 15.8. The first kappa shape index (κ1) is 16.4. The number of rotatable bonds is 6. The molecule has 2 atom stereocenters. The van der Waals surface area contributed by atoms with Gasteiger partial charge in [-0.15, -0.1) is 0 Å². The molecule has 0 aromatic carbocycles. The topological polar surface area (TPSA) is 74.2 Å². The summed E-state index contributed by atoms with van der Waals surface area (Å²) in [5.74, 6) is 0. The van der Waals surface area contributed by atoms with Crippen LogP contribution in [-0.4, -0.2) is 28.8 Å². The highest BCUT2D eigenvalue weighted by molar-refractivity contribution is 5.74. The highest BCUT2D eigenvalue weighted by Gasteiger charge is 2.21. The van der Waals surface area contributed by atoms with Gasteiger partial charge in [-0.2, -0.15) is 0 Å². The van der Waals surface area contributed by atoms with E-state index in [0.717, 1.165) is 5.56 Å². The predicted molar refractivity (Wildman–Crippen MR) is 79.3 cm³/mol. The van der Waals surface area contributed by atoms with Crippen molar-refractivity contribution < 1.29 is 9.90 Å². The van der Waals surface area contributed by atoms with Crippen LogP contribution in [0.15, 0.2) is 24.5 Å². The van der Waals surface area contributed by atoms with E-state index in [0.29, 0.717) is 13.0 Å². The van der Waals surface area contributed by atoms with Gasteiger partial charge in [0.1, 0.15) is 0 Å². The van der Waals surface area contributed by atoms with E-state index in [9.17, 15) is 9.90 Å². The molecule has 0 radical (unpaired) electrons. The fourth-order valence-electron chi connectivity index (χ4n) is 2.17. The quantitative estimate of drug-likeness (QED) is 0.747. The monoisotopic (exact) mass is 279 g/mol. The number of hydrogen-bond acceptors (Lipinski definition) is 3. The van der Waals surface area contributed by atoms with Gasteiger partial charge in [0.25, 0.3) is 0 Å². The first-order valence-corrected chi connectivity index (χ1v) is 6.92. The summed E-state index contributed by atoms with van der Waals surface area (Å²) in [6, 6.07) is 3.48. The minimum atomic E-state index is -0.370. The summed E-state index contributed by atoms with van der Waals surface area (Å²) < 4.78 is 0. The Balaban J connectivity index is 2.41. The Morgan fingerprint density at radius 2 is 1.95 bits per heavy atom. The van der Waals surface area contributed by atoms with Crippen LogP contribution in [0.3, 0.4) is 0 Å². The van der Waals surface area contributed by atoms with Gasteiger partial charge < -0.3 is 15.7 Å². The van der Waals surface area contributed by atoms with Crippen molar-refractivity contribution in [1.29, 1.82) is 0 Å². The van der Waals surface area contributed by atoms with Gasteiger partial charge in [0.15, 0.2) is 0 Å². The predicted octanol–water partition coefficient (Wildman–Crippen LogP) is 2.24. The zero-order valence-corrected chi connectivity index (χ0v) is 12.7. The average Bonchev–Trinajstić information content (AvgIpc) is 2.36. The first-order valence-electron chi connectivity index (χ1n) is 6.92. The molecule has 0 bridgehead atoms. The van der Waals surface area contributed by atoms with Crippen LogP contribution in [0.4, 0.5) is 4.79 Å². The van der Waals surface area contributed by atoms with E-state index in [1.165, 1.54) is 0 Å². The third kappa shape index (κ3) is 6.02. The number of aliphatic hydroxyl groups excluding tert-OH is 1. The molecule has 5 nitrogen and oxygen atoms in total. The summed E-state index contributed by atoms with van der Waals surface area (Å²) >= 11 is 0. The van der Waals surface area contributed by atoms with E-state index in [2.05, 4.69) is 15.6 Å². The smallest absolute Gasteiger partial charge is 0.315 e. The molecule has 1 aromatic rings. The molecular formula is C15H25N3O2. The molecule has 5 heteroatoms. The van der Waals surface area contributed by atoms with E-state index in [1.54, 1.807) is 19.3 Å². The maximum atomic E-state index is 11.9. The van der Waals surface area contributed by atoms with Crippen molar-refractivity contribution in [3.05, 3.63) is 30.1 Å². The number of aromatic nitrogens is 1. The number of nitrogens with one attached hydrogen (secondary N) is 2. The molecule has 0 spiro atoms. The Kier molecular flexibility index (Phi) is 5.95. The van der Waals surface area contributed by atoms with Gasteiger partial charge in [0, 0.05) is 18.9 Å². The van der Waals surface area contributed by atoms with Crippen molar-refractivity contribution in [3.8, 4) is 0 Å². The zero-order valence-electron chi connectivity index (χ0n) is 12.7. The summed E-state index contributed by atoms with van der Waals surface area (Å²) in [5, 5.41) is 15.1. The van der Waals surface area contributed by atoms with E-state index in [-0.39, 0.29) is 23.6 Å². The van der Waals surface area contributed by atoms with Crippen molar-refractivity contribution in [1.82, 2.24) is 15.6 Å². The number of carbonyl (C=O) groups excluding carboxylic acids is 1. The molecule has 0 aliphatic carbocycles. The molecule has 2 unspecified atom stereocenters. The molecular weight excluding hydrogens is 254 g/mol. The third-order valence-corrected chi connectivity index (χ3v) is 3.13. The first-order chi connectivity index (χ1) is 9.30. The van der Waals surface area contributed by atoms with Gasteiger partial charge >= 0.3 is 6.03 Å². The number of nitrogens with zero attached hydrogens (tertiary/aromatic N) is 1. The second-order valence-electron chi connectivity index (χ2n) is 6.05. The lowest BCUT2D eigenvalue weighted by molar-refractivity contribution is 0.128. The van der Waals surface area contributed by atoms with Crippen molar-refractivity contribution >= 4 is 6.03 Å². The van der Waals surface area contributed by atoms with Crippen molar-refractivity contribution in [2.24, 2.45) is 5.41 Å². The van der Waals surface area contributed by atoms with Crippen LogP contribution in [0.2, 0.25) is 0 Å². The van der Waals surface area contributed by atoms with Crippen molar-refractivity contribution in [3.63, 3.8) is 0 Å². The summed E-state index contributed by atoms with van der Waals surface area (Å²) in [7, 11) is 0. The second kappa shape index (κ2) is 7.24. The molecule has 1 aromatic heterocycles. The van der Waals surface area contributed by atoms with Gasteiger partial charge in [0.05, 0.1) is 12.1 Å². The number of carbonyl (C=O) groups is 1. The maximum absolute atomic E-state index is 11.9. The van der Waals surface area contributed by atoms with E-state index < -0.39 is 0 Å².